The van der Waals surface area contributed by atoms with E-state index in [2.05, 4.69) is 22.4 Å². The van der Waals surface area contributed by atoms with Crippen molar-refractivity contribution in [1.29, 1.82) is 0 Å². The normalized spacial score (nSPS) is 10.6. The lowest BCUT2D eigenvalue weighted by Crippen LogP contribution is -2.11. The summed E-state index contributed by atoms with van der Waals surface area (Å²) in [6, 6.07) is 13.9. The first-order valence-electron chi connectivity index (χ1n) is 7.75. The highest BCUT2D eigenvalue weighted by atomic mass is 32.2. The second-order valence-electron chi connectivity index (χ2n) is 5.29. The molecule has 1 aromatic heterocycles. The highest BCUT2D eigenvalue weighted by molar-refractivity contribution is 8.00. The molecule has 0 unspecified atom stereocenters. The minimum Gasteiger partial charge on any atom is -0.296 e. The van der Waals surface area contributed by atoms with Crippen molar-refractivity contribution in [3.8, 4) is 0 Å². The molecule has 7 heteroatoms. The summed E-state index contributed by atoms with van der Waals surface area (Å²) in [5, 5.41) is 11.3. The number of thioether (sulfide) groups is 1. The zero-order valence-electron chi connectivity index (χ0n) is 13.5. The van der Waals surface area contributed by atoms with Gasteiger partial charge in [-0.1, -0.05) is 54.3 Å². The van der Waals surface area contributed by atoms with Crippen LogP contribution in [0.15, 0.2) is 52.9 Å². The number of carbonyl (C=O) groups is 1. The molecule has 0 saturated carbocycles. The number of rotatable bonds is 6. The first kappa shape index (κ1) is 17.6. The first-order chi connectivity index (χ1) is 12.1. The van der Waals surface area contributed by atoms with E-state index in [1.54, 1.807) is 24.3 Å². The van der Waals surface area contributed by atoms with Gasteiger partial charge >= 0.3 is 0 Å². The standard InChI is InChI=1S/C18H16FN3OS2/c1-2-12-3-7-14(8-4-12)16(23)20-17-21-22-18(25-17)24-11-13-5-9-15(19)10-6-13/h3-10H,2,11H2,1H3,(H,20,21,23). The number of carbonyl (C=O) groups excluding carboxylic acids is 1. The maximum atomic E-state index is 12.9. The highest BCUT2D eigenvalue weighted by Gasteiger charge is 2.10. The Balaban J connectivity index is 1.57. The van der Waals surface area contributed by atoms with Crippen LogP contribution in [0.1, 0.15) is 28.4 Å². The van der Waals surface area contributed by atoms with E-state index < -0.39 is 0 Å². The molecule has 128 valence electrons. The third-order valence-electron chi connectivity index (χ3n) is 3.53. The van der Waals surface area contributed by atoms with Gasteiger partial charge < -0.3 is 0 Å². The van der Waals surface area contributed by atoms with Gasteiger partial charge in [0.1, 0.15) is 5.82 Å². The molecule has 0 fully saturated rings. The van der Waals surface area contributed by atoms with Gasteiger partial charge in [-0.05, 0) is 41.8 Å². The second-order valence-corrected chi connectivity index (χ2v) is 7.49. The fraction of sp³-hybridized carbons (Fsp3) is 0.167. The molecular weight excluding hydrogens is 357 g/mol. The van der Waals surface area contributed by atoms with Crippen LogP contribution in [-0.4, -0.2) is 16.1 Å². The third-order valence-corrected chi connectivity index (χ3v) is 5.57. The van der Waals surface area contributed by atoms with Crippen LogP contribution in [0, 0.1) is 5.82 Å². The first-order valence-corrected chi connectivity index (χ1v) is 9.55. The monoisotopic (exact) mass is 373 g/mol. The summed E-state index contributed by atoms with van der Waals surface area (Å²) in [5.74, 6) is 0.219. The molecule has 3 rings (SSSR count). The lowest BCUT2D eigenvalue weighted by atomic mass is 10.1. The zero-order chi connectivity index (χ0) is 17.6. The predicted molar refractivity (Wildman–Crippen MR) is 99.6 cm³/mol. The summed E-state index contributed by atoms with van der Waals surface area (Å²) in [6.07, 6.45) is 0.937. The quantitative estimate of drug-likeness (QED) is 0.499. The molecule has 0 aliphatic heterocycles. The maximum Gasteiger partial charge on any atom is 0.257 e. The summed E-state index contributed by atoms with van der Waals surface area (Å²) >= 11 is 2.82. The molecule has 1 N–H and O–H groups in total. The number of benzene rings is 2. The van der Waals surface area contributed by atoms with Crippen LogP contribution in [0.4, 0.5) is 9.52 Å². The van der Waals surface area contributed by atoms with Crippen molar-refractivity contribution < 1.29 is 9.18 Å². The second kappa shape index (κ2) is 8.22. The smallest absolute Gasteiger partial charge is 0.257 e. The van der Waals surface area contributed by atoms with Crippen LogP contribution in [-0.2, 0) is 12.2 Å². The fourth-order valence-corrected chi connectivity index (χ4v) is 3.81. The zero-order valence-corrected chi connectivity index (χ0v) is 15.2. The molecule has 3 aromatic rings. The molecule has 0 atom stereocenters. The number of nitrogens with zero attached hydrogens (tertiary/aromatic N) is 2. The number of aromatic nitrogens is 2. The van der Waals surface area contributed by atoms with E-state index in [0.29, 0.717) is 16.4 Å². The number of anilines is 1. The van der Waals surface area contributed by atoms with Crippen LogP contribution >= 0.6 is 23.1 Å². The molecule has 2 aromatic carbocycles. The van der Waals surface area contributed by atoms with Crippen LogP contribution in [0.5, 0.6) is 0 Å². The predicted octanol–water partition coefficient (Wildman–Crippen LogP) is 4.78. The Morgan fingerprint density at radius 2 is 1.76 bits per heavy atom. The van der Waals surface area contributed by atoms with Gasteiger partial charge in [0.2, 0.25) is 5.13 Å². The number of amides is 1. The highest BCUT2D eigenvalue weighted by Crippen LogP contribution is 2.28. The molecular formula is C18H16FN3OS2. The van der Waals surface area contributed by atoms with Crippen molar-refractivity contribution in [2.75, 3.05) is 5.32 Å². The Morgan fingerprint density at radius 1 is 1.08 bits per heavy atom. The van der Waals surface area contributed by atoms with Gasteiger partial charge in [-0.2, -0.15) is 0 Å². The van der Waals surface area contributed by atoms with Crippen molar-refractivity contribution in [3.63, 3.8) is 0 Å². The Kier molecular flexibility index (Phi) is 5.78. The van der Waals surface area contributed by atoms with Gasteiger partial charge in [-0.25, -0.2) is 4.39 Å². The minimum atomic E-state index is -0.248. The van der Waals surface area contributed by atoms with Gasteiger partial charge in [-0.15, -0.1) is 10.2 Å². The minimum absolute atomic E-state index is 0.200. The van der Waals surface area contributed by atoms with Crippen molar-refractivity contribution in [2.24, 2.45) is 0 Å². The molecule has 0 aliphatic carbocycles. The SMILES string of the molecule is CCc1ccc(C(=O)Nc2nnc(SCc3ccc(F)cc3)s2)cc1. The third kappa shape index (κ3) is 4.87. The Bertz CT molecular complexity index is 848. The Labute approximate surface area is 153 Å². The maximum absolute atomic E-state index is 12.9. The van der Waals surface area contributed by atoms with Gasteiger partial charge in [0.15, 0.2) is 4.34 Å². The Morgan fingerprint density at radius 3 is 2.44 bits per heavy atom. The Hall–Kier alpha value is -2.25. The molecule has 0 saturated heterocycles. The topological polar surface area (TPSA) is 54.9 Å². The molecule has 1 amide bonds. The van der Waals surface area contributed by atoms with Crippen LogP contribution in [0.2, 0.25) is 0 Å². The van der Waals surface area contributed by atoms with Gasteiger partial charge in [0.25, 0.3) is 5.91 Å². The number of aryl methyl sites for hydroxylation is 1. The average Bonchev–Trinajstić information content (AvgIpc) is 3.08. The summed E-state index contributed by atoms with van der Waals surface area (Å²) in [4.78, 5) is 12.2. The largest absolute Gasteiger partial charge is 0.296 e. The van der Waals surface area contributed by atoms with Crippen molar-refractivity contribution in [1.82, 2.24) is 10.2 Å². The van der Waals surface area contributed by atoms with Gasteiger partial charge in [0.05, 0.1) is 0 Å². The molecule has 0 aliphatic rings. The van der Waals surface area contributed by atoms with Crippen LogP contribution in [0.25, 0.3) is 0 Å². The summed E-state index contributed by atoms with van der Waals surface area (Å²) in [5.41, 5.74) is 2.78. The fourth-order valence-electron chi connectivity index (χ4n) is 2.11. The van der Waals surface area contributed by atoms with Gasteiger partial charge in [0, 0.05) is 11.3 Å². The van der Waals surface area contributed by atoms with E-state index in [0.717, 1.165) is 16.3 Å². The van der Waals surface area contributed by atoms with E-state index >= 15 is 0 Å². The van der Waals surface area contributed by atoms with Crippen molar-refractivity contribution in [2.45, 2.75) is 23.4 Å². The molecule has 25 heavy (non-hydrogen) atoms. The number of hydrogen-bond acceptors (Lipinski definition) is 5. The van der Waals surface area contributed by atoms with Gasteiger partial charge in [-0.3, -0.25) is 10.1 Å². The molecule has 0 bridgehead atoms. The molecule has 0 radical (unpaired) electrons. The van der Waals surface area contributed by atoms with Crippen LogP contribution < -0.4 is 5.32 Å². The van der Waals surface area contributed by atoms with Crippen LogP contribution in [0.3, 0.4) is 0 Å². The van der Waals surface area contributed by atoms with E-state index in [1.807, 2.05) is 12.1 Å². The lowest BCUT2D eigenvalue weighted by molar-refractivity contribution is 0.102. The molecule has 4 nitrogen and oxygen atoms in total. The van der Waals surface area contributed by atoms with E-state index in [4.69, 9.17) is 0 Å². The average molecular weight is 373 g/mol. The number of nitrogens with one attached hydrogen (secondary N) is 1. The number of halogens is 1. The molecule has 1 heterocycles. The van der Waals surface area contributed by atoms with Crippen molar-refractivity contribution >= 4 is 34.1 Å². The summed E-state index contributed by atoms with van der Waals surface area (Å²) in [7, 11) is 0. The summed E-state index contributed by atoms with van der Waals surface area (Å²) in [6.45, 7) is 2.07. The van der Waals surface area contributed by atoms with E-state index in [-0.39, 0.29) is 11.7 Å². The summed E-state index contributed by atoms with van der Waals surface area (Å²) < 4.78 is 13.6. The molecule has 0 spiro atoms. The number of hydrogen-bond donors (Lipinski definition) is 1. The van der Waals surface area contributed by atoms with E-state index in [1.165, 1.54) is 40.8 Å². The van der Waals surface area contributed by atoms with E-state index in [9.17, 15) is 9.18 Å². The van der Waals surface area contributed by atoms with Crippen molar-refractivity contribution in [3.05, 3.63) is 71.0 Å². The lowest BCUT2D eigenvalue weighted by Gasteiger charge is -2.02.